The number of nitrogens with two attached hydrogens (primary N) is 1. The third kappa shape index (κ3) is 1.50. The molecule has 0 spiro atoms. The van der Waals surface area contributed by atoms with E-state index in [0.717, 1.165) is 0 Å². The minimum absolute atomic E-state index is 0.0969. The average molecular weight is 167 g/mol. The lowest BCUT2D eigenvalue weighted by atomic mass is 10.3. The van der Waals surface area contributed by atoms with Crippen LogP contribution >= 0.6 is 0 Å². The Kier molecular flexibility index (Phi) is 2.23. The van der Waals surface area contributed by atoms with Crippen molar-refractivity contribution in [2.75, 3.05) is 5.73 Å². The smallest absolute Gasteiger partial charge is 0.356 e. The number of nitrogens with zero attached hydrogens (tertiary/aromatic N) is 2. The Balaban J connectivity index is 3.17. The molecule has 12 heavy (non-hydrogen) atoms. The van der Waals surface area contributed by atoms with Crippen molar-refractivity contribution in [2.24, 2.45) is 0 Å². The first-order valence-electron chi connectivity index (χ1n) is 3.49. The van der Waals surface area contributed by atoms with E-state index in [1.165, 1.54) is 6.20 Å². The Labute approximate surface area is 69.3 Å². The fraction of sp³-hybridized carbons (Fsp3) is 0.286. The molecule has 0 aromatic carbocycles. The van der Waals surface area contributed by atoms with Crippen LogP contribution in [0.25, 0.3) is 0 Å². The van der Waals surface area contributed by atoms with Crippen LogP contribution in [0, 0.1) is 0 Å². The summed E-state index contributed by atoms with van der Waals surface area (Å²) in [5, 5.41) is 8.62. The molecule has 0 aliphatic rings. The van der Waals surface area contributed by atoms with Crippen molar-refractivity contribution < 1.29 is 9.90 Å². The number of aromatic carboxylic acids is 1. The summed E-state index contributed by atoms with van der Waals surface area (Å²) in [6, 6.07) is 0. The van der Waals surface area contributed by atoms with E-state index in [1.807, 2.05) is 6.92 Å². The minimum atomic E-state index is -1.12. The van der Waals surface area contributed by atoms with Gasteiger partial charge in [-0.3, -0.25) is 0 Å². The van der Waals surface area contributed by atoms with Gasteiger partial charge in [0.1, 0.15) is 5.82 Å². The molecule has 5 nitrogen and oxygen atoms in total. The molecule has 0 fully saturated rings. The highest BCUT2D eigenvalue weighted by Crippen LogP contribution is 2.06. The Hall–Kier alpha value is -1.65. The summed E-state index contributed by atoms with van der Waals surface area (Å²) in [5.74, 6) is -0.633. The Morgan fingerprint density at radius 1 is 1.75 bits per heavy atom. The topological polar surface area (TPSA) is 89.1 Å². The SMILES string of the molecule is CCc1ncc(N)c(C(=O)O)n1. The van der Waals surface area contributed by atoms with Crippen LogP contribution in [-0.4, -0.2) is 21.0 Å². The second-order valence-electron chi connectivity index (χ2n) is 2.25. The number of rotatable bonds is 2. The summed E-state index contributed by atoms with van der Waals surface area (Å²) in [5.41, 5.74) is 5.31. The summed E-state index contributed by atoms with van der Waals surface area (Å²) in [4.78, 5) is 18.1. The first-order valence-corrected chi connectivity index (χ1v) is 3.49. The Bertz CT molecular complexity index is 312. The van der Waals surface area contributed by atoms with Crippen LogP contribution in [0.3, 0.4) is 0 Å². The van der Waals surface area contributed by atoms with Crippen LogP contribution in [0.1, 0.15) is 23.2 Å². The molecule has 0 unspecified atom stereocenters. The summed E-state index contributed by atoms with van der Waals surface area (Å²) < 4.78 is 0. The monoisotopic (exact) mass is 167 g/mol. The van der Waals surface area contributed by atoms with Gasteiger partial charge >= 0.3 is 5.97 Å². The minimum Gasteiger partial charge on any atom is -0.476 e. The second kappa shape index (κ2) is 3.17. The fourth-order valence-corrected chi connectivity index (χ4v) is 0.769. The van der Waals surface area contributed by atoms with Gasteiger partial charge in [0.25, 0.3) is 0 Å². The highest BCUT2D eigenvalue weighted by molar-refractivity contribution is 5.90. The standard InChI is InChI=1S/C7H9N3O2/c1-2-5-9-3-4(8)6(10-5)7(11)12/h3H,2,8H2,1H3,(H,11,12). The molecule has 1 heterocycles. The van der Waals surface area contributed by atoms with Crippen LogP contribution in [0.4, 0.5) is 5.69 Å². The van der Waals surface area contributed by atoms with E-state index < -0.39 is 5.97 Å². The molecule has 0 saturated heterocycles. The van der Waals surface area contributed by atoms with Crippen molar-refractivity contribution in [3.63, 3.8) is 0 Å². The molecule has 1 aromatic heterocycles. The lowest BCUT2D eigenvalue weighted by Gasteiger charge is -2.00. The first kappa shape index (κ1) is 8.45. The third-order valence-electron chi connectivity index (χ3n) is 1.39. The van der Waals surface area contributed by atoms with E-state index in [-0.39, 0.29) is 11.4 Å². The van der Waals surface area contributed by atoms with Gasteiger partial charge in [-0.05, 0) is 0 Å². The number of carboxylic acids is 1. The van der Waals surface area contributed by atoms with Crippen molar-refractivity contribution in [2.45, 2.75) is 13.3 Å². The Morgan fingerprint density at radius 3 is 2.92 bits per heavy atom. The molecule has 64 valence electrons. The summed E-state index contributed by atoms with van der Waals surface area (Å²) in [6.07, 6.45) is 1.91. The van der Waals surface area contributed by atoms with Gasteiger partial charge in [0, 0.05) is 6.42 Å². The summed E-state index contributed by atoms with van der Waals surface area (Å²) >= 11 is 0. The first-order chi connectivity index (χ1) is 5.65. The molecule has 0 radical (unpaired) electrons. The molecule has 1 aromatic rings. The van der Waals surface area contributed by atoms with Crippen LogP contribution in [0.2, 0.25) is 0 Å². The van der Waals surface area contributed by atoms with Gasteiger partial charge in [0.05, 0.1) is 11.9 Å². The average Bonchev–Trinajstić information content (AvgIpc) is 2.05. The second-order valence-corrected chi connectivity index (χ2v) is 2.25. The lowest BCUT2D eigenvalue weighted by molar-refractivity contribution is 0.0691. The number of carboxylic acid groups (broad SMARTS) is 1. The molecule has 0 saturated carbocycles. The van der Waals surface area contributed by atoms with E-state index in [0.29, 0.717) is 12.2 Å². The van der Waals surface area contributed by atoms with Crippen molar-refractivity contribution >= 4 is 11.7 Å². The number of nitrogen functional groups attached to an aromatic ring is 1. The molecule has 0 bridgehead atoms. The molecule has 1 rings (SSSR count). The highest BCUT2D eigenvalue weighted by Gasteiger charge is 2.10. The van der Waals surface area contributed by atoms with Crippen LogP contribution in [0.15, 0.2) is 6.20 Å². The predicted molar refractivity (Wildman–Crippen MR) is 42.8 cm³/mol. The van der Waals surface area contributed by atoms with Crippen LogP contribution in [0.5, 0.6) is 0 Å². The zero-order chi connectivity index (χ0) is 9.14. The maximum absolute atomic E-state index is 10.5. The molecule has 0 atom stereocenters. The van der Waals surface area contributed by atoms with Gasteiger partial charge in [-0.2, -0.15) is 0 Å². The van der Waals surface area contributed by atoms with Crippen molar-refractivity contribution in [3.8, 4) is 0 Å². The van der Waals surface area contributed by atoms with Crippen LogP contribution in [-0.2, 0) is 6.42 Å². The van der Waals surface area contributed by atoms with Gasteiger partial charge in [0.2, 0.25) is 0 Å². The number of aromatic nitrogens is 2. The predicted octanol–water partition coefficient (Wildman–Crippen LogP) is 0.319. The molecular weight excluding hydrogens is 158 g/mol. The maximum atomic E-state index is 10.5. The van der Waals surface area contributed by atoms with E-state index in [2.05, 4.69) is 9.97 Å². The van der Waals surface area contributed by atoms with E-state index >= 15 is 0 Å². The van der Waals surface area contributed by atoms with Gasteiger partial charge in [-0.25, -0.2) is 14.8 Å². The van der Waals surface area contributed by atoms with Crippen molar-refractivity contribution in [1.29, 1.82) is 0 Å². The largest absolute Gasteiger partial charge is 0.476 e. The summed E-state index contributed by atoms with van der Waals surface area (Å²) in [6.45, 7) is 1.84. The quantitative estimate of drug-likeness (QED) is 0.662. The number of hydrogen-bond acceptors (Lipinski definition) is 4. The molecule has 0 amide bonds. The van der Waals surface area contributed by atoms with E-state index in [1.54, 1.807) is 0 Å². The Morgan fingerprint density at radius 2 is 2.42 bits per heavy atom. The number of anilines is 1. The molecule has 5 heteroatoms. The molecule has 3 N–H and O–H groups in total. The molecular formula is C7H9N3O2. The fourth-order valence-electron chi connectivity index (χ4n) is 0.769. The van der Waals surface area contributed by atoms with Crippen molar-refractivity contribution in [3.05, 3.63) is 17.7 Å². The van der Waals surface area contributed by atoms with Crippen LogP contribution < -0.4 is 5.73 Å². The normalized spacial score (nSPS) is 9.75. The molecule has 0 aliphatic heterocycles. The third-order valence-corrected chi connectivity index (χ3v) is 1.39. The summed E-state index contributed by atoms with van der Waals surface area (Å²) in [7, 11) is 0. The highest BCUT2D eigenvalue weighted by atomic mass is 16.4. The van der Waals surface area contributed by atoms with Gasteiger partial charge in [-0.15, -0.1) is 0 Å². The van der Waals surface area contributed by atoms with E-state index in [4.69, 9.17) is 10.8 Å². The van der Waals surface area contributed by atoms with Gasteiger partial charge < -0.3 is 10.8 Å². The number of hydrogen-bond donors (Lipinski definition) is 2. The van der Waals surface area contributed by atoms with Gasteiger partial charge in [0.15, 0.2) is 5.69 Å². The number of aryl methyl sites for hydroxylation is 1. The van der Waals surface area contributed by atoms with Gasteiger partial charge in [-0.1, -0.05) is 6.92 Å². The lowest BCUT2D eigenvalue weighted by Crippen LogP contribution is -2.08. The zero-order valence-electron chi connectivity index (χ0n) is 6.61. The zero-order valence-corrected chi connectivity index (χ0v) is 6.61. The van der Waals surface area contributed by atoms with E-state index in [9.17, 15) is 4.79 Å². The molecule has 0 aliphatic carbocycles. The maximum Gasteiger partial charge on any atom is 0.356 e. The number of carbonyl (C=O) groups is 1. The van der Waals surface area contributed by atoms with Crippen molar-refractivity contribution in [1.82, 2.24) is 9.97 Å².